The Morgan fingerprint density at radius 3 is 1.71 bits per heavy atom. The van der Waals surface area contributed by atoms with Gasteiger partial charge in [0.15, 0.2) is 0 Å². The van der Waals surface area contributed by atoms with Crippen molar-refractivity contribution >= 4 is 61.5 Å². The molecule has 0 spiro atoms. The highest BCUT2D eigenvalue weighted by Gasteiger charge is 2.18. The van der Waals surface area contributed by atoms with Gasteiger partial charge < -0.3 is 14.6 Å². The summed E-state index contributed by atoms with van der Waals surface area (Å²) in [4.78, 5) is 2.34. The highest BCUT2D eigenvalue weighted by Crippen LogP contribution is 2.42. The number of hydrogen-bond donors (Lipinski definition) is 1. The van der Waals surface area contributed by atoms with E-state index in [9.17, 15) is 0 Å². The van der Waals surface area contributed by atoms with Crippen molar-refractivity contribution in [2.45, 2.75) is 0 Å². The summed E-state index contributed by atoms with van der Waals surface area (Å²) >= 11 is 0. The highest BCUT2D eigenvalue weighted by atomic mass is 16.3. The molecule has 0 aliphatic carbocycles. The third-order valence-corrected chi connectivity index (χ3v) is 10.3. The second-order valence-corrected chi connectivity index (χ2v) is 13.4. The minimum Gasteiger partial charge on any atom is -0.456 e. The number of furan rings is 1. The fourth-order valence-electron chi connectivity index (χ4n) is 7.70. The van der Waals surface area contributed by atoms with Gasteiger partial charge >= 0.3 is 0 Å². The zero-order valence-corrected chi connectivity index (χ0v) is 28.5. The normalized spacial score (nSPS) is 12.2. The number of nitrogens with zero attached hydrogens (tertiary/aromatic N) is 1. The molecule has 3 heteroatoms. The average Bonchev–Trinajstić information content (AvgIpc) is 3.59. The van der Waals surface area contributed by atoms with Gasteiger partial charge in [-0.3, -0.25) is 0 Å². The van der Waals surface area contributed by atoms with E-state index in [0.29, 0.717) is 0 Å². The topological polar surface area (TPSA) is 28.4 Å². The Kier molecular flexibility index (Phi) is 7.21. The Morgan fingerprint density at radius 2 is 1.04 bits per heavy atom. The quantitative estimate of drug-likeness (QED) is 0.191. The molecule has 10 rings (SSSR count). The van der Waals surface area contributed by atoms with Crippen molar-refractivity contribution in [3.05, 3.63) is 188 Å². The van der Waals surface area contributed by atoms with Crippen LogP contribution in [0.1, 0.15) is 5.56 Å². The molecule has 0 radical (unpaired) electrons. The summed E-state index contributed by atoms with van der Waals surface area (Å²) in [5.41, 5.74) is 14.6. The summed E-state index contributed by atoms with van der Waals surface area (Å²) < 4.78 is 6.46. The minimum atomic E-state index is 0.828. The molecule has 0 unspecified atom stereocenters. The van der Waals surface area contributed by atoms with Gasteiger partial charge in [0, 0.05) is 39.8 Å². The number of benzene rings is 8. The SMILES string of the molecule is C1=Cc2ccc3cccc(-c4ccc5oc6ccc(N(c7ccc(-c8ccccc8)cc7)c7ccc(-c8ccccc8)cc7)cc6c5c4)c3c2NC1. The van der Waals surface area contributed by atoms with Crippen LogP contribution in [-0.4, -0.2) is 6.54 Å². The summed E-state index contributed by atoms with van der Waals surface area (Å²) in [5.74, 6) is 0. The first kappa shape index (κ1) is 30.0. The summed E-state index contributed by atoms with van der Waals surface area (Å²) in [6.45, 7) is 0.828. The van der Waals surface area contributed by atoms with Crippen molar-refractivity contribution in [1.82, 2.24) is 0 Å². The predicted octanol–water partition coefficient (Wildman–Crippen LogP) is 13.6. The van der Waals surface area contributed by atoms with Crippen LogP contribution in [0.2, 0.25) is 0 Å². The van der Waals surface area contributed by atoms with E-state index in [2.05, 4.69) is 198 Å². The fraction of sp³-hybridized carbons (Fsp3) is 0.0204. The van der Waals surface area contributed by atoms with Gasteiger partial charge in [0.1, 0.15) is 11.2 Å². The Hall–Kier alpha value is -6.84. The molecule has 1 aromatic heterocycles. The average molecular weight is 667 g/mol. The molecule has 0 bridgehead atoms. The van der Waals surface area contributed by atoms with Gasteiger partial charge in [0.05, 0.1) is 5.69 Å². The first-order valence-corrected chi connectivity index (χ1v) is 17.8. The molecule has 52 heavy (non-hydrogen) atoms. The third-order valence-electron chi connectivity index (χ3n) is 10.3. The Morgan fingerprint density at radius 1 is 0.462 bits per heavy atom. The van der Waals surface area contributed by atoms with E-state index < -0.39 is 0 Å². The molecule has 8 aromatic carbocycles. The van der Waals surface area contributed by atoms with Gasteiger partial charge in [0.2, 0.25) is 0 Å². The van der Waals surface area contributed by atoms with Gasteiger partial charge in [0.25, 0.3) is 0 Å². The monoisotopic (exact) mass is 666 g/mol. The van der Waals surface area contributed by atoms with Crippen LogP contribution in [0.15, 0.2) is 186 Å². The summed E-state index contributed by atoms with van der Waals surface area (Å²) in [7, 11) is 0. The second kappa shape index (κ2) is 12.5. The molecule has 0 atom stereocenters. The van der Waals surface area contributed by atoms with Crippen molar-refractivity contribution in [2.75, 3.05) is 16.8 Å². The number of hydrogen-bond acceptors (Lipinski definition) is 3. The minimum absolute atomic E-state index is 0.828. The zero-order chi connectivity index (χ0) is 34.4. The lowest BCUT2D eigenvalue weighted by Gasteiger charge is -2.26. The van der Waals surface area contributed by atoms with Crippen LogP contribution >= 0.6 is 0 Å². The van der Waals surface area contributed by atoms with Crippen molar-refractivity contribution in [3.8, 4) is 33.4 Å². The Labute approximate surface area is 302 Å². The van der Waals surface area contributed by atoms with Gasteiger partial charge in [-0.15, -0.1) is 0 Å². The molecule has 0 amide bonds. The number of fused-ring (bicyclic) bond motifs is 6. The van der Waals surface area contributed by atoms with Crippen molar-refractivity contribution < 1.29 is 4.42 Å². The van der Waals surface area contributed by atoms with E-state index in [0.717, 1.165) is 45.5 Å². The van der Waals surface area contributed by atoms with Crippen molar-refractivity contribution in [1.29, 1.82) is 0 Å². The maximum Gasteiger partial charge on any atom is 0.135 e. The van der Waals surface area contributed by atoms with Crippen molar-refractivity contribution in [3.63, 3.8) is 0 Å². The van der Waals surface area contributed by atoms with Crippen LogP contribution in [-0.2, 0) is 0 Å². The van der Waals surface area contributed by atoms with E-state index in [-0.39, 0.29) is 0 Å². The molecule has 0 fully saturated rings. The molecule has 246 valence electrons. The molecule has 1 aliphatic heterocycles. The molecule has 0 saturated heterocycles. The smallest absolute Gasteiger partial charge is 0.135 e. The van der Waals surface area contributed by atoms with E-state index in [1.165, 1.54) is 55.4 Å². The van der Waals surface area contributed by atoms with Crippen LogP contribution in [0.4, 0.5) is 22.7 Å². The summed E-state index contributed by atoms with van der Waals surface area (Å²) in [6, 6.07) is 62.9. The standard InChI is InChI=1S/C49H34N2O/c1-3-9-33(10-4-1)35-18-23-40(24-19-35)51(41-25-20-36(21-26-41)34-11-5-2-6-12-34)42-27-29-47-45(32-42)44-31-39(22-28-46(44)52-47)43-15-7-13-37-16-17-38-14-8-30-50-49(38)48(37)43/h1-29,31-32,50H,30H2. The van der Waals surface area contributed by atoms with E-state index >= 15 is 0 Å². The van der Waals surface area contributed by atoms with Crippen LogP contribution < -0.4 is 10.2 Å². The second-order valence-electron chi connectivity index (χ2n) is 13.4. The third kappa shape index (κ3) is 5.23. The van der Waals surface area contributed by atoms with E-state index in [1.54, 1.807) is 0 Å². The Balaban J connectivity index is 1.11. The van der Waals surface area contributed by atoms with E-state index in [1.807, 2.05) is 0 Å². The first-order chi connectivity index (χ1) is 25.8. The van der Waals surface area contributed by atoms with Crippen LogP contribution in [0.25, 0.3) is 72.2 Å². The lowest BCUT2D eigenvalue weighted by molar-refractivity contribution is 0.669. The molecule has 3 nitrogen and oxygen atoms in total. The zero-order valence-electron chi connectivity index (χ0n) is 28.5. The molecule has 1 N–H and O–H groups in total. The fourth-order valence-corrected chi connectivity index (χ4v) is 7.70. The van der Waals surface area contributed by atoms with Crippen LogP contribution in [0.3, 0.4) is 0 Å². The first-order valence-electron chi connectivity index (χ1n) is 17.8. The lowest BCUT2D eigenvalue weighted by Crippen LogP contribution is -2.09. The summed E-state index contributed by atoms with van der Waals surface area (Å²) in [5, 5.41) is 8.31. The summed E-state index contributed by atoms with van der Waals surface area (Å²) in [6.07, 6.45) is 4.39. The van der Waals surface area contributed by atoms with Gasteiger partial charge in [-0.05, 0) is 98.9 Å². The highest BCUT2D eigenvalue weighted by molar-refractivity contribution is 6.11. The molecule has 9 aromatic rings. The maximum absolute atomic E-state index is 6.46. The van der Waals surface area contributed by atoms with Crippen molar-refractivity contribution in [2.24, 2.45) is 0 Å². The largest absolute Gasteiger partial charge is 0.456 e. The van der Waals surface area contributed by atoms with Gasteiger partial charge in [-0.2, -0.15) is 0 Å². The molecule has 1 aliphatic rings. The van der Waals surface area contributed by atoms with Crippen LogP contribution in [0, 0.1) is 0 Å². The molecule has 2 heterocycles. The Bertz CT molecular complexity index is 2680. The van der Waals surface area contributed by atoms with Crippen LogP contribution in [0.5, 0.6) is 0 Å². The lowest BCUT2D eigenvalue weighted by atomic mass is 9.93. The van der Waals surface area contributed by atoms with Gasteiger partial charge in [-0.1, -0.05) is 133 Å². The molecular formula is C49H34N2O. The number of nitrogens with one attached hydrogen (secondary N) is 1. The molecular weight excluding hydrogens is 633 g/mol. The maximum atomic E-state index is 6.46. The van der Waals surface area contributed by atoms with E-state index in [4.69, 9.17) is 4.42 Å². The molecule has 0 saturated carbocycles. The number of rotatable bonds is 6. The predicted molar refractivity (Wildman–Crippen MR) is 220 cm³/mol. The number of anilines is 4. The van der Waals surface area contributed by atoms with Gasteiger partial charge in [-0.25, -0.2) is 0 Å².